The minimum Gasteiger partial charge on any atom is -0.244 e. The molecule has 0 fully saturated rings. The van der Waals surface area contributed by atoms with E-state index in [1.165, 1.54) is 0 Å². The Morgan fingerprint density at radius 2 is 0.913 bits per heavy atom. The van der Waals surface area contributed by atoms with E-state index in [1.54, 1.807) is 0 Å². The fraction of sp³-hybridized carbons (Fsp3) is 1.00. The molecule has 0 aliphatic heterocycles. The highest BCUT2D eigenvalue weighted by atomic mass is 19.4. The topological polar surface area (TPSA) is 0 Å². The number of hydrogen-bond acceptors (Lipinski definition) is 0. The van der Waals surface area contributed by atoms with Crippen molar-refractivity contribution in [2.24, 2.45) is 0 Å². The van der Waals surface area contributed by atoms with E-state index in [1.807, 2.05) is 0 Å². The Morgan fingerprint density at radius 3 is 1.17 bits per heavy atom. The van der Waals surface area contributed by atoms with Gasteiger partial charge in [0.25, 0.3) is 0 Å². The van der Waals surface area contributed by atoms with Gasteiger partial charge in [0.15, 0.2) is 6.67 Å². The van der Waals surface area contributed by atoms with Crippen LogP contribution in [0.5, 0.6) is 0 Å². The second-order valence-electron chi connectivity index (χ2n) is 4.09. The van der Waals surface area contributed by atoms with Crippen molar-refractivity contribution in [1.29, 1.82) is 0 Å². The lowest BCUT2D eigenvalue weighted by Crippen LogP contribution is -2.68. The fourth-order valence-corrected chi connectivity index (χ4v) is 1.05. The molecule has 0 aromatic rings. The Morgan fingerprint density at radius 1 is 0.565 bits per heavy atom. The molecule has 0 bridgehead atoms. The summed E-state index contributed by atoms with van der Waals surface area (Å²) in [5, 5.41) is 0. The van der Waals surface area contributed by atoms with Gasteiger partial charge in [-0.05, 0) is 0 Å². The molecular formula is C8H3F15. The van der Waals surface area contributed by atoms with E-state index in [2.05, 4.69) is 0 Å². The highest BCUT2D eigenvalue weighted by Crippen LogP contribution is 2.57. The zero-order valence-corrected chi connectivity index (χ0v) is 9.95. The van der Waals surface area contributed by atoms with Crippen LogP contribution in [0, 0.1) is 0 Å². The van der Waals surface area contributed by atoms with Crippen LogP contribution in [0.15, 0.2) is 0 Å². The predicted octanol–water partition coefficient (Wildman–Crippen LogP) is 5.03. The summed E-state index contributed by atoms with van der Waals surface area (Å²) >= 11 is 0. The minimum atomic E-state index is -7.88. The van der Waals surface area contributed by atoms with Crippen LogP contribution in [-0.2, 0) is 0 Å². The smallest absolute Gasteiger partial charge is 0.244 e. The monoisotopic (exact) mass is 384 g/mol. The Balaban J connectivity index is 6.08. The summed E-state index contributed by atoms with van der Waals surface area (Å²) in [5.74, 6) is -36.7. The molecule has 0 rings (SSSR count). The summed E-state index contributed by atoms with van der Waals surface area (Å²) in [5.41, 5.74) is 0. The van der Waals surface area contributed by atoms with E-state index in [4.69, 9.17) is 0 Å². The summed E-state index contributed by atoms with van der Waals surface area (Å²) in [7, 11) is 0. The first-order chi connectivity index (χ1) is 9.72. The summed E-state index contributed by atoms with van der Waals surface area (Å²) in [4.78, 5) is 0. The Hall–Kier alpha value is -1.05. The molecule has 0 saturated heterocycles. The van der Waals surface area contributed by atoms with Gasteiger partial charge >= 0.3 is 35.8 Å². The van der Waals surface area contributed by atoms with Crippen LogP contribution in [0.4, 0.5) is 65.9 Å². The van der Waals surface area contributed by atoms with E-state index >= 15 is 0 Å². The standard InChI is InChI=1S/C8H3F15/c9-1-3(11,12)4(13,14)2(10)5(15,16)6(17,18)7(19,20)8(21,22)23/h2H,1H2. The second kappa shape index (κ2) is 5.50. The van der Waals surface area contributed by atoms with Crippen molar-refractivity contribution >= 4 is 0 Å². The highest BCUT2D eigenvalue weighted by Gasteiger charge is 2.86. The van der Waals surface area contributed by atoms with E-state index in [0.29, 0.717) is 0 Å². The normalized spacial score (nSPS) is 17.3. The minimum absolute atomic E-state index is 3.59. The molecule has 0 aromatic heterocycles. The summed E-state index contributed by atoms with van der Waals surface area (Å²) in [6.07, 6.45) is -13.7. The van der Waals surface area contributed by atoms with Crippen LogP contribution in [0.3, 0.4) is 0 Å². The van der Waals surface area contributed by atoms with Crippen molar-refractivity contribution in [3.8, 4) is 0 Å². The largest absolute Gasteiger partial charge is 0.460 e. The number of alkyl halides is 15. The zero-order valence-electron chi connectivity index (χ0n) is 9.95. The average Bonchev–Trinajstić information content (AvgIpc) is 2.35. The quantitative estimate of drug-likeness (QED) is 0.564. The summed E-state index contributed by atoms with van der Waals surface area (Å²) in [6, 6.07) is 0. The van der Waals surface area contributed by atoms with E-state index in [0.717, 1.165) is 0 Å². The summed E-state index contributed by atoms with van der Waals surface area (Å²) < 4.78 is 184. The molecular weight excluding hydrogens is 381 g/mol. The molecule has 1 unspecified atom stereocenters. The van der Waals surface area contributed by atoms with Crippen molar-refractivity contribution in [2.45, 2.75) is 42.0 Å². The first-order valence-corrected chi connectivity index (χ1v) is 4.87. The average molecular weight is 384 g/mol. The summed E-state index contributed by atoms with van der Waals surface area (Å²) in [6.45, 7) is -3.59. The van der Waals surface area contributed by atoms with Crippen LogP contribution in [0.2, 0.25) is 0 Å². The van der Waals surface area contributed by atoms with Crippen molar-refractivity contribution in [3.63, 3.8) is 0 Å². The first-order valence-electron chi connectivity index (χ1n) is 4.87. The second-order valence-corrected chi connectivity index (χ2v) is 4.09. The van der Waals surface area contributed by atoms with Gasteiger partial charge < -0.3 is 0 Å². The maximum atomic E-state index is 12.7. The molecule has 0 aliphatic carbocycles. The van der Waals surface area contributed by atoms with Gasteiger partial charge in [-0.2, -0.15) is 57.1 Å². The molecule has 0 radical (unpaired) electrons. The predicted molar refractivity (Wildman–Crippen MR) is 41.7 cm³/mol. The maximum absolute atomic E-state index is 12.7. The lowest BCUT2D eigenvalue weighted by molar-refractivity contribution is -0.415. The molecule has 0 amide bonds. The maximum Gasteiger partial charge on any atom is 0.460 e. The van der Waals surface area contributed by atoms with Gasteiger partial charge in [-0.25, -0.2) is 8.78 Å². The van der Waals surface area contributed by atoms with Gasteiger partial charge in [-0.3, -0.25) is 0 Å². The van der Waals surface area contributed by atoms with E-state index in [-0.39, 0.29) is 0 Å². The van der Waals surface area contributed by atoms with Gasteiger partial charge in [0.05, 0.1) is 0 Å². The first kappa shape index (κ1) is 21.9. The Kier molecular flexibility index (Phi) is 5.25. The van der Waals surface area contributed by atoms with Crippen LogP contribution >= 0.6 is 0 Å². The molecule has 0 heterocycles. The van der Waals surface area contributed by atoms with Crippen molar-refractivity contribution in [3.05, 3.63) is 0 Å². The number of rotatable bonds is 6. The van der Waals surface area contributed by atoms with E-state index in [9.17, 15) is 65.9 Å². The molecule has 0 aromatic carbocycles. The van der Waals surface area contributed by atoms with E-state index < -0.39 is 48.6 Å². The molecule has 23 heavy (non-hydrogen) atoms. The number of halogens is 15. The Bertz CT molecular complexity index is 418. The third kappa shape index (κ3) is 3.02. The SMILES string of the molecule is FCC(F)(F)C(F)(F)C(F)C(F)(F)C(F)(F)C(F)(F)C(F)(F)F. The zero-order chi connectivity index (χ0) is 19.3. The molecule has 0 nitrogen and oxygen atoms in total. The van der Waals surface area contributed by atoms with Gasteiger partial charge in [0.1, 0.15) is 0 Å². The van der Waals surface area contributed by atoms with Gasteiger partial charge in [0, 0.05) is 0 Å². The molecule has 0 spiro atoms. The van der Waals surface area contributed by atoms with Crippen molar-refractivity contribution < 1.29 is 65.9 Å². The molecule has 0 saturated carbocycles. The van der Waals surface area contributed by atoms with Gasteiger partial charge in [0.2, 0.25) is 6.17 Å². The lowest BCUT2D eigenvalue weighted by atomic mass is 9.93. The van der Waals surface area contributed by atoms with Crippen molar-refractivity contribution in [2.75, 3.05) is 6.67 Å². The number of hydrogen-bond donors (Lipinski definition) is 0. The van der Waals surface area contributed by atoms with Crippen LogP contribution in [-0.4, -0.2) is 48.6 Å². The third-order valence-electron chi connectivity index (χ3n) is 2.46. The molecule has 140 valence electrons. The molecule has 15 heteroatoms. The van der Waals surface area contributed by atoms with Gasteiger partial charge in [-0.15, -0.1) is 0 Å². The highest BCUT2D eigenvalue weighted by molar-refractivity contribution is 5.08. The Labute approximate surface area is 116 Å². The van der Waals surface area contributed by atoms with Crippen molar-refractivity contribution in [1.82, 2.24) is 0 Å². The van der Waals surface area contributed by atoms with Gasteiger partial charge in [-0.1, -0.05) is 0 Å². The molecule has 0 aliphatic rings. The van der Waals surface area contributed by atoms with Crippen LogP contribution in [0.25, 0.3) is 0 Å². The fourth-order valence-electron chi connectivity index (χ4n) is 1.05. The van der Waals surface area contributed by atoms with Crippen LogP contribution in [0.1, 0.15) is 0 Å². The lowest BCUT2D eigenvalue weighted by Gasteiger charge is -2.38. The molecule has 0 N–H and O–H groups in total. The third-order valence-corrected chi connectivity index (χ3v) is 2.46. The molecule has 1 atom stereocenters. The van der Waals surface area contributed by atoms with Crippen LogP contribution < -0.4 is 0 Å².